The second-order valence-electron chi connectivity index (χ2n) is 7.73. The lowest BCUT2D eigenvalue weighted by molar-refractivity contribution is -0.130. The molecule has 2 saturated heterocycles. The van der Waals surface area contributed by atoms with E-state index in [4.69, 9.17) is 0 Å². The van der Waals surface area contributed by atoms with Crippen LogP contribution in [0.2, 0.25) is 0 Å². The van der Waals surface area contributed by atoms with E-state index in [0.717, 1.165) is 51.9 Å². The zero-order valence-electron chi connectivity index (χ0n) is 15.8. The van der Waals surface area contributed by atoms with Crippen LogP contribution in [0.5, 0.6) is 0 Å². The molecule has 0 aliphatic carbocycles. The molecule has 0 bridgehead atoms. The number of piperidine rings is 1. The van der Waals surface area contributed by atoms with Gasteiger partial charge in [-0.1, -0.05) is 6.07 Å². The van der Waals surface area contributed by atoms with E-state index in [1.54, 1.807) is 0 Å². The van der Waals surface area contributed by atoms with Crippen LogP contribution in [0, 0.1) is 13.8 Å². The Balaban J connectivity index is 1.48. The number of carbonyl (C=O) groups is 1. The molecule has 0 N–H and O–H groups in total. The predicted molar refractivity (Wildman–Crippen MR) is 102 cm³/mol. The number of nitrogens with zero attached hydrogens (tertiary/aromatic N) is 4. The first-order valence-corrected chi connectivity index (χ1v) is 9.74. The molecule has 1 aromatic heterocycles. The summed E-state index contributed by atoms with van der Waals surface area (Å²) in [5.41, 5.74) is 5.13. The molecule has 2 aliphatic heterocycles. The third kappa shape index (κ3) is 3.40. The average molecular weight is 352 g/mol. The van der Waals surface area contributed by atoms with Gasteiger partial charge in [-0.25, -0.2) is 4.68 Å². The highest BCUT2D eigenvalue weighted by Crippen LogP contribution is 2.26. The van der Waals surface area contributed by atoms with Crippen LogP contribution in [0.25, 0.3) is 5.69 Å². The minimum atomic E-state index is 0.360. The molecule has 0 saturated carbocycles. The van der Waals surface area contributed by atoms with Crippen LogP contribution in [0.3, 0.4) is 0 Å². The third-order valence-electron chi connectivity index (χ3n) is 5.83. The number of amides is 1. The van der Waals surface area contributed by atoms with Crippen LogP contribution in [0.1, 0.15) is 42.4 Å². The Bertz CT molecular complexity index is 776. The van der Waals surface area contributed by atoms with Crippen LogP contribution in [0.15, 0.2) is 30.6 Å². The van der Waals surface area contributed by atoms with E-state index < -0.39 is 0 Å². The van der Waals surface area contributed by atoms with Crippen molar-refractivity contribution in [3.63, 3.8) is 0 Å². The first-order valence-electron chi connectivity index (χ1n) is 9.74. The highest BCUT2D eigenvalue weighted by Gasteiger charge is 2.30. The molecule has 2 aliphatic rings. The van der Waals surface area contributed by atoms with Gasteiger partial charge in [-0.15, -0.1) is 0 Å². The van der Waals surface area contributed by atoms with Gasteiger partial charge in [0.05, 0.1) is 5.69 Å². The van der Waals surface area contributed by atoms with Crippen molar-refractivity contribution in [2.24, 2.45) is 0 Å². The Kier molecular flexibility index (Phi) is 4.81. The number of carbonyl (C=O) groups excluding carboxylic acids is 1. The second kappa shape index (κ2) is 7.23. The van der Waals surface area contributed by atoms with Crippen LogP contribution < -0.4 is 0 Å². The van der Waals surface area contributed by atoms with Crippen molar-refractivity contribution in [2.75, 3.05) is 19.6 Å². The highest BCUT2D eigenvalue weighted by atomic mass is 16.2. The summed E-state index contributed by atoms with van der Waals surface area (Å²) < 4.78 is 1.98. The molecule has 2 aromatic rings. The van der Waals surface area contributed by atoms with E-state index in [2.05, 4.69) is 40.9 Å². The van der Waals surface area contributed by atoms with E-state index in [1.165, 1.54) is 22.4 Å². The standard InChI is InChI=1S/C21H28N4O/c1-16-13-17(2)19(20(14-16)25-10-4-8-22-25)15-23-11-6-18(7-12-23)24-9-3-5-21(24)26/h4,8,10,13-14,18H,3,5-7,9,11-12,15H2,1-2H3. The molecule has 3 heterocycles. The molecular weight excluding hydrogens is 324 g/mol. The lowest BCUT2D eigenvalue weighted by Gasteiger charge is -2.37. The largest absolute Gasteiger partial charge is 0.340 e. The van der Waals surface area contributed by atoms with E-state index in [-0.39, 0.29) is 0 Å². The van der Waals surface area contributed by atoms with Crippen LogP contribution >= 0.6 is 0 Å². The fraction of sp³-hybridized carbons (Fsp3) is 0.524. The van der Waals surface area contributed by atoms with Crippen molar-refractivity contribution in [1.29, 1.82) is 0 Å². The van der Waals surface area contributed by atoms with E-state index in [1.807, 2.05) is 23.1 Å². The summed E-state index contributed by atoms with van der Waals surface area (Å²) in [6.07, 6.45) is 7.81. The number of hydrogen-bond acceptors (Lipinski definition) is 3. The molecule has 0 unspecified atom stereocenters. The summed E-state index contributed by atoms with van der Waals surface area (Å²) in [7, 11) is 0. The Morgan fingerprint density at radius 3 is 2.62 bits per heavy atom. The molecule has 5 heteroatoms. The topological polar surface area (TPSA) is 41.4 Å². The van der Waals surface area contributed by atoms with Gasteiger partial charge in [-0.3, -0.25) is 9.69 Å². The van der Waals surface area contributed by atoms with Crippen molar-refractivity contribution >= 4 is 5.91 Å². The van der Waals surface area contributed by atoms with Crippen molar-refractivity contribution < 1.29 is 4.79 Å². The van der Waals surface area contributed by atoms with Crippen molar-refractivity contribution in [3.05, 3.63) is 47.3 Å². The van der Waals surface area contributed by atoms with Crippen molar-refractivity contribution in [3.8, 4) is 5.69 Å². The van der Waals surface area contributed by atoms with E-state index >= 15 is 0 Å². The number of rotatable bonds is 4. The van der Waals surface area contributed by atoms with Gasteiger partial charge in [-0.05, 0) is 61.9 Å². The summed E-state index contributed by atoms with van der Waals surface area (Å²) in [4.78, 5) is 16.7. The summed E-state index contributed by atoms with van der Waals surface area (Å²) in [6, 6.07) is 6.91. The number of likely N-dealkylation sites (tertiary alicyclic amines) is 2. The van der Waals surface area contributed by atoms with E-state index in [9.17, 15) is 4.79 Å². The number of hydrogen-bond donors (Lipinski definition) is 0. The first kappa shape index (κ1) is 17.3. The highest BCUT2D eigenvalue weighted by molar-refractivity contribution is 5.78. The van der Waals surface area contributed by atoms with Gasteiger partial charge in [0.15, 0.2) is 0 Å². The van der Waals surface area contributed by atoms with E-state index in [0.29, 0.717) is 11.9 Å². The summed E-state index contributed by atoms with van der Waals surface area (Å²) in [5, 5.41) is 4.45. The quantitative estimate of drug-likeness (QED) is 0.849. The molecule has 2 fully saturated rings. The monoisotopic (exact) mass is 352 g/mol. The Morgan fingerprint density at radius 2 is 1.96 bits per heavy atom. The Hall–Kier alpha value is -2.14. The zero-order chi connectivity index (χ0) is 18.1. The second-order valence-corrected chi connectivity index (χ2v) is 7.73. The fourth-order valence-corrected chi connectivity index (χ4v) is 4.46. The van der Waals surface area contributed by atoms with Gasteiger partial charge in [0.2, 0.25) is 5.91 Å². The molecule has 26 heavy (non-hydrogen) atoms. The first-order chi connectivity index (χ1) is 12.6. The minimum Gasteiger partial charge on any atom is -0.340 e. The van der Waals surface area contributed by atoms with Crippen LogP contribution in [0.4, 0.5) is 0 Å². The lowest BCUT2D eigenvalue weighted by atomic mass is 9.99. The van der Waals surface area contributed by atoms with Gasteiger partial charge in [0.25, 0.3) is 0 Å². The third-order valence-corrected chi connectivity index (χ3v) is 5.83. The molecule has 1 amide bonds. The molecule has 138 valence electrons. The van der Waals surface area contributed by atoms with Gasteiger partial charge in [0.1, 0.15) is 0 Å². The molecule has 5 nitrogen and oxygen atoms in total. The van der Waals surface area contributed by atoms with Crippen molar-refractivity contribution in [2.45, 2.75) is 52.1 Å². The maximum Gasteiger partial charge on any atom is 0.222 e. The minimum absolute atomic E-state index is 0.360. The van der Waals surface area contributed by atoms with Crippen LogP contribution in [-0.2, 0) is 11.3 Å². The summed E-state index contributed by atoms with van der Waals surface area (Å²) >= 11 is 0. The summed E-state index contributed by atoms with van der Waals surface area (Å²) in [5.74, 6) is 0.360. The maximum absolute atomic E-state index is 12.0. The normalized spacial score (nSPS) is 19.5. The molecule has 0 spiro atoms. The van der Waals surface area contributed by atoms with Gasteiger partial charge < -0.3 is 4.90 Å². The molecule has 1 aromatic carbocycles. The number of aromatic nitrogens is 2. The molecule has 4 rings (SSSR count). The predicted octanol–water partition coefficient (Wildman–Crippen LogP) is 3.08. The van der Waals surface area contributed by atoms with Gasteiger partial charge in [-0.2, -0.15) is 5.10 Å². The van der Waals surface area contributed by atoms with Crippen molar-refractivity contribution in [1.82, 2.24) is 19.6 Å². The van der Waals surface area contributed by atoms with Gasteiger partial charge >= 0.3 is 0 Å². The molecule has 0 radical (unpaired) electrons. The maximum atomic E-state index is 12.0. The lowest BCUT2D eigenvalue weighted by Crippen LogP contribution is -2.45. The van der Waals surface area contributed by atoms with Gasteiger partial charge in [0, 0.05) is 51.0 Å². The number of benzene rings is 1. The fourth-order valence-electron chi connectivity index (χ4n) is 4.46. The zero-order valence-corrected chi connectivity index (χ0v) is 15.8. The Morgan fingerprint density at radius 1 is 1.15 bits per heavy atom. The molecular formula is C21H28N4O. The summed E-state index contributed by atoms with van der Waals surface area (Å²) in [6.45, 7) is 8.36. The molecule has 0 atom stereocenters. The number of aryl methyl sites for hydroxylation is 2. The SMILES string of the molecule is Cc1cc(C)c(CN2CCC(N3CCCC3=O)CC2)c(-n2cccn2)c1. The smallest absolute Gasteiger partial charge is 0.222 e. The van der Waals surface area contributed by atoms with Crippen LogP contribution in [-0.4, -0.2) is 51.2 Å². The Labute approximate surface area is 155 Å². The average Bonchev–Trinajstić information content (AvgIpc) is 3.29.